The predicted molar refractivity (Wildman–Crippen MR) is 144 cm³/mol. The van der Waals surface area contributed by atoms with E-state index in [1.165, 1.54) is 4.90 Å². The first kappa shape index (κ1) is 26.3. The van der Waals surface area contributed by atoms with Crippen LogP contribution in [0.1, 0.15) is 32.8 Å². The van der Waals surface area contributed by atoms with Crippen LogP contribution in [0.4, 0.5) is 21.0 Å². The van der Waals surface area contributed by atoms with Gasteiger partial charge in [0.25, 0.3) is 0 Å². The van der Waals surface area contributed by atoms with Crippen LogP contribution in [0.15, 0.2) is 42.9 Å². The molecule has 0 unspecified atom stereocenters. The summed E-state index contributed by atoms with van der Waals surface area (Å²) in [5, 5.41) is 4.45. The summed E-state index contributed by atoms with van der Waals surface area (Å²) in [5.74, 6) is 0.489. The van der Waals surface area contributed by atoms with E-state index in [0.717, 1.165) is 11.3 Å². The summed E-state index contributed by atoms with van der Waals surface area (Å²) in [7, 11) is 1.59. The zero-order chi connectivity index (χ0) is 27.7. The van der Waals surface area contributed by atoms with Crippen molar-refractivity contribution in [3.05, 3.63) is 48.4 Å². The highest BCUT2D eigenvalue weighted by molar-refractivity contribution is 6.07. The Kier molecular flexibility index (Phi) is 7.02. The van der Waals surface area contributed by atoms with Gasteiger partial charge in [-0.15, -0.1) is 0 Å². The molecule has 2 aliphatic rings. The minimum absolute atomic E-state index is 0.171. The Balaban J connectivity index is 1.28. The van der Waals surface area contributed by atoms with E-state index in [0.29, 0.717) is 43.3 Å². The molecule has 206 valence electrons. The molecular weight excluding hydrogens is 502 g/mol. The average molecular weight is 536 g/mol. The highest BCUT2D eigenvalue weighted by atomic mass is 16.6. The van der Waals surface area contributed by atoms with Gasteiger partial charge in [0.2, 0.25) is 5.91 Å². The standard InChI is InChI=1S/C27H33N7O5/c1-27(2,3)39-26(37)31-13-11-30(12-14-31)20-15-28-24-22(16-29-34(24)18-20)32-10-9-23(35)33(25(32)36)17-19-5-7-21(38-4)8-6-19/h5-8,15-16,18H,9-14,17H2,1-4H3. The molecule has 0 saturated carbocycles. The summed E-state index contributed by atoms with van der Waals surface area (Å²) in [4.78, 5) is 49.7. The molecule has 0 aliphatic carbocycles. The Bertz CT molecular complexity index is 1370. The lowest BCUT2D eigenvalue weighted by molar-refractivity contribution is -0.129. The van der Waals surface area contributed by atoms with Gasteiger partial charge < -0.3 is 19.3 Å². The minimum Gasteiger partial charge on any atom is -0.497 e. The van der Waals surface area contributed by atoms with Crippen LogP contribution < -0.4 is 14.5 Å². The maximum absolute atomic E-state index is 13.4. The third kappa shape index (κ3) is 5.59. The first-order chi connectivity index (χ1) is 18.6. The number of ether oxygens (including phenoxy) is 2. The molecule has 0 bridgehead atoms. The molecule has 12 nitrogen and oxygen atoms in total. The first-order valence-corrected chi connectivity index (χ1v) is 12.9. The number of rotatable bonds is 5. The van der Waals surface area contributed by atoms with Crippen molar-refractivity contribution in [3.63, 3.8) is 0 Å². The van der Waals surface area contributed by atoms with Gasteiger partial charge in [0.15, 0.2) is 5.65 Å². The van der Waals surface area contributed by atoms with E-state index < -0.39 is 11.6 Å². The number of hydrogen-bond donors (Lipinski definition) is 0. The number of carbonyl (C=O) groups is 3. The van der Waals surface area contributed by atoms with Gasteiger partial charge in [0.1, 0.15) is 17.0 Å². The summed E-state index contributed by atoms with van der Waals surface area (Å²) in [6.07, 6.45) is 5.12. The van der Waals surface area contributed by atoms with Crippen LogP contribution in [0, 0.1) is 0 Å². The highest BCUT2D eigenvalue weighted by Crippen LogP contribution is 2.27. The van der Waals surface area contributed by atoms with E-state index in [9.17, 15) is 14.4 Å². The maximum atomic E-state index is 13.4. The molecule has 1 aromatic carbocycles. The van der Waals surface area contributed by atoms with Gasteiger partial charge in [-0.05, 0) is 38.5 Å². The van der Waals surface area contributed by atoms with Crippen LogP contribution in [0.3, 0.4) is 0 Å². The second kappa shape index (κ2) is 10.4. The quantitative estimate of drug-likeness (QED) is 0.490. The fourth-order valence-electron chi connectivity index (χ4n) is 4.66. The Labute approximate surface area is 226 Å². The zero-order valence-corrected chi connectivity index (χ0v) is 22.7. The number of urea groups is 1. The number of imide groups is 1. The predicted octanol–water partition coefficient (Wildman–Crippen LogP) is 3.15. The number of benzene rings is 1. The number of methoxy groups -OCH3 is 1. The summed E-state index contributed by atoms with van der Waals surface area (Å²) in [5.41, 5.74) is 2.24. The van der Waals surface area contributed by atoms with Gasteiger partial charge in [-0.1, -0.05) is 12.1 Å². The first-order valence-electron chi connectivity index (χ1n) is 12.9. The Morgan fingerprint density at radius 3 is 2.38 bits per heavy atom. The lowest BCUT2D eigenvalue weighted by Crippen LogP contribution is -2.52. The fourth-order valence-corrected chi connectivity index (χ4v) is 4.66. The molecule has 2 aliphatic heterocycles. The van der Waals surface area contributed by atoms with Crippen molar-refractivity contribution in [1.82, 2.24) is 24.4 Å². The van der Waals surface area contributed by atoms with Gasteiger partial charge >= 0.3 is 12.1 Å². The van der Waals surface area contributed by atoms with Crippen LogP contribution in [0.5, 0.6) is 5.75 Å². The largest absolute Gasteiger partial charge is 0.497 e. The summed E-state index contributed by atoms with van der Waals surface area (Å²) in [6, 6.07) is 6.88. The van der Waals surface area contributed by atoms with Crippen molar-refractivity contribution in [2.24, 2.45) is 0 Å². The van der Waals surface area contributed by atoms with Crippen molar-refractivity contribution in [3.8, 4) is 5.75 Å². The fraction of sp³-hybridized carbons (Fsp3) is 0.444. The van der Waals surface area contributed by atoms with E-state index in [1.54, 1.807) is 46.0 Å². The third-order valence-corrected chi connectivity index (χ3v) is 6.72. The minimum atomic E-state index is -0.531. The van der Waals surface area contributed by atoms with E-state index >= 15 is 0 Å². The molecule has 5 rings (SSSR count). The SMILES string of the molecule is COc1ccc(CN2C(=O)CCN(c3cnn4cc(N5CCN(C(=O)OC(C)(C)C)CC5)cnc34)C2=O)cc1. The van der Waals surface area contributed by atoms with Gasteiger partial charge in [-0.25, -0.2) is 19.1 Å². The van der Waals surface area contributed by atoms with Crippen LogP contribution >= 0.6 is 0 Å². The van der Waals surface area contributed by atoms with E-state index in [-0.39, 0.29) is 31.5 Å². The second-order valence-electron chi connectivity index (χ2n) is 10.6. The van der Waals surface area contributed by atoms with E-state index in [2.05, 4.69) is 15.0 Å². The third-order valence-electron chi connectivity index (χ3n) is 6.72. The Morgan fingerprint density at radius 2 is 1.72 bits per heavy atom. The summed E-state index contributed by atoms with van der Waals surface area (Å²) < 4.78 is 12.3. The van der Waals surface area contributed by atoms with Crippen LogP contribution in [-0.2, 0) is 16.1 Å². The maximum Gasteiger partial charge on any atom is 0.410 e. The smallest absolute Gasteiger partial charge is 0.410 e. The number of aromatic nitrogens is 3. The number of fused-ring (bicyclic) bond motifs is 1. The molecule has 2 aromatic heterocycles. The number of nitrogens with zero attached hydrogens (tertiary/aromatic N) is 7. The molecule has 0 radical (unpaired) electrons. The van der Waals surface area contributed by atoms with Crippen LogP contribution in [0.25, 0.3) is 5.65 Å². The summed E-state index contributed by atoms with van der Waals surface area (Å²) in [6.45, 7) is 8.34. The number of piperazine rings is 1. The normalized spacial score (nSPS) is 16.7. The Morgan fingerprint density at radius 1 is 1.00 bits per heavy atom. The van der Waals surface area contributed by atoms with E-state index in [4.69, 9.17) is 9.47 Å². The topological polar surface area (TPSA) is 113 Å². The monoisotopic (exact) mass is 535 g/mol. The van der Waals surface area contributed by atoms with Gasteiger partial charge in [-0.3, -0.25) is 14.6 Å². The zero-order valence-electron chi connectivity index (χ0n) is 22.7. The van der Waals surface area contributed by atoms with Crippen molar-refractivity contribution < 1.29 is 23.9 Å². The molecule has 2 fully saturated rings. The van der Waals surface area contributed by atoms with Crippen LogP contribution in [0.2, 0.25) is 0 Å². The molecule has 3 aromatic rings. The van der Waals surface area contributed by atoms with E-state index in [1.807, 2.05) is 39.1 Å². The number of hydrogen-bond acceptors (Lipinski definition) is 8. The molecule has 39 heavy (non-hydrogen) atoms. The molecule has 0 atom stereocenters. The molecule has 0 spiro atoms. The molecule has 12 heteroatoms. The number of carbonyl (C=O) groups excluding carboxylic acids is 3. The molecular formula is C27H33N7O5. The van der Waals surface area contributed by atoms with Crippen molar-refractivity contribution in [1.29, 1.82) is 0 Å². The second-order valence-corrected chi connectivity index (χ2v) is 10.6. The van der Waals surface area contributed by atoms with Gasteiger partial charge in [0, 0.05) is 39.1 Å². The van der Waals surface area contributed by atoms with Crippen molar-refractivity contribution in [2.45, 2.75) is 39.3 Å². The van der Waals surface area contributed by atoms with Crippen LogP contribution in [-0.4, -0.2) is 87.9 Å². The summed E-state index contributed by atoms with van der Waals surface area (Å²) >= 11 is 0. The lowest BCUT2D eigenvalue weighted by atomic mass is 10.1. The lowest BCUT2D eigenvalue weighted by Gasteiger charge is -2.36. The molecule has 2 saturated heterocycles. The number of anilines is 2. The number of amides is 4. The molecule has 4 amide bonds. The average Bonchev–Trinajstić information content (AvgIpc) is 3.33. The van der Waals surface area contributed by atoms with Crippen molar-refractivity contribution >= 4 is 35.1 Å². The van der Waals surface area contributed by atoms with Gasteiger partial charge in [0.05, 0.1) is 37.9 Å². The van der Waals surface area contributed by atoms with Gasteiger partial charge in [-0.2, -0.15) is 5.10 Å². The Hall–Kier alpha value is -4.35. The molecule has 4 heterocycles. The molecule has 0 N–H and O–H groups in total. The highest BCUT2D eigenvalue weighted by Gasteiger charge is 2.35. The van der Waals surface area contributed by atoms with Crippen molar-refractivity contribution in [2.75, 3.05) is 49.6 Å².